The quantitative estimate of drug-likeness (QED) is 0.269. The number of hydrogen-bond acceptors (Lipinski definition) is 4. The van der Waals surface area contributed by atoms with Crippen molar-refractivity contribution in [1.82, 2.24) is 0 Å². The van der Waals surface area contributed by atoms with Crippen LogP contribution in [0.1, 0.15) is 84.5 Å². The largest absolute Gasteiger partial charge is 0.481 e. The predicted molar refractivity (Wildman–Crippen MR) is 101 cm³/mol. The zero-order valence-corrected chi connectivity index (χ0v) is 16.0. The van der Waals surface area contributed by atoms with Gasteiger partial charge in [-0.2, -0.15) is 0 Å². The van der Waals surface area contributed by atoms with E-state index >= 15 is 0 Å². The molecule has 0 aliphatic heterocycles. The van der Waals surface area contributed by atoms with Gasteiger partial charge in [-0.1, -0.05) is 64.0 Å². The van der Waals surface area contributed by atoms with Crippen LogP contribution in [0.15, 0.2) is 12.2 Å². The molecule has 0 aliphatic carbocycles. The lowest BCUT2D eigenvalue weighted by Crippen LogP contribution is -2.24. The lowest BCUT2D eigenvalue weighted by molar-refractivity contribution is -0.137. The Bertz CT molecular complexity index is 343. The highest BCUT2D eigenvalue weighted by Gasteiger charge is 2.13. The van der Waals surface area contributed by atoms with Crippen LogP contribution in [0.25, 0.3) is 0 Å². The van der Waals surface area contributed by atoms with Gasteiger partial charge in [0.05, 0.1) is 18.3 Å². The molecule has 5 heteroatoms. The van der Waals surface area contributed by atoms with Gasteiger partial charge in [-0.25, -0.2) is 0 Å². The highest BCUT2D eigenvalue weighted by Crippen LogP contribution is 2.13. The van der Waals surface area contributed by atoms with Gasteiger partial charge >= 0.3 is 5.97 Å². The predicted octanol–water partition coefficient (Wildman–Crippen LogP) is 4.07. The molecule has 3 unspecified atom stereocenters. The minimum Gasteiger partial charge on any atom is -0.481 e. The number of unbranched alkanes of at least 4 members (excludes halogenated alkanes) is 6. The monoisotopic (exact) mass is 358 g/mol. The summed E-state index contributed by atoms with van der Waals surface area (Å²) in [4.78, 5) is 10.4. The van der Waals surface area contributed by atoms with Crippen LogP contribution in [0.2, 0.25) is 0 Å². The zero-order valence-electron chi connectivity index (χ0n) is 16.0. The Morgan fingerprint density at radius 3 is 2.20 bits per heavy atom. The minimum atomic E-state index is -0.860. The normalized spacial score (nSPS) is 15.4. The fourth-order valence-electron chi connectivity index (χ4n) is 2.74. The molecule has 5 nitrogen and oxygen atoms in total. The van der Waals surface area contributed by atoms with E-state index in [-0.39, 0.29) is 12.5 Å². The van der Waals surface area contributed by atoms with E-state index in [1.54, 1.807) is 6.08 Å². The highest BCUT2D eigenvalue weighted by atomic mass is 16.5. The lowest BCUT2D eigenvalue weighted by Gasteiger charge is -2.17. The average molecular weight is 359 g/mol. The fraction of sp³-hybridized carbons (Fsp3) is 0.850. The number of aliphatic carboxylic acids is 1. The van der Waals surface area contributed by atoms with Gasteiger partial charge in [-0.05, 0) is 26.2 Å². The number of aliphatic hydroxyl groups is 2. The maximum atomic E-state index is 10.4. The Morgan fingerprint density at radius 1 is 0.920 bits per heavy atom. The number of carboxylic acid groups (broad SMARTS) is 1. The van der Waals surface area contributed by atoms with Gasteiger partial charge in [0.15, 0.2) is 0 Å². The molecular weight excluding hydrogens is 320 g/mol. The van der Waals surface area contributed by atoms with E-state index in [1.807, 2.05) is 13.0 Å². The molecule has 0 rings (SSSR count). The van der Waals surface area contributed by atoms with Crippen molar-refractivity contribution in [2.24, 2.45) is 0 Å². The zero-order chi connectivity index (χ0) is 18.9. The molecule has 25 heavy (non-hydrogen) atoms. The van der Waals surface area contributed by atoms with Crippen molar-refractivity contribution in [3.8, 4) is 0 Å². The number of aliphatic hydroxyl groups excluding tert-OH is 2. The molecular formula is C20H38O5. The van der Waals surface area contributed by atoms with Crippen LogP contribution in [0.3, 0.4) is 0 Å². The molecule has 148 valence electrons. The van der Waals surface area contributed by atoms with E-state index in [0.29, 0.717) is 19.4 Å². The van der Waals surface area contributed by atoms with Gasteiger partial charge in [0.25, 0.3) is 0 Å². The topological polar surface area (TPSA) is 87.0 Å². The molecule has 0 bridgehead atoms. The number of rotatable bonds is 17. The first-order chi connectivity index (χ1) is 12.0. The third-order valence-corrected chi connectivity index (χ3v) is 4.28. The van der Waals surface area contributed by atoms with Gasteiger partial charge in [-0.15, -0.1) is 0 Å². The second-order valence-corrected chi connectivity index (χ2v) is 6.63. The van der Waals surface area contributed by atoms with Crippen molar-refractivity contribution in [2.45, 2.75) is 103 Å². The van der Waals surface area contributed by atoms with Crippen molar-refractivity contribution in [3.05, 3.63) is 12.2 Å². The summed E-state index contributed by atoms with van der Waals surface area (Å²) in [6.07, 6.45) is 11.5. The number of carboxylic acids is 1. The summed E-state index contributed by atoms with van der Waals surface area (Å²) in [7, 11) is 0. The van der Waals surface area contributed by atoms with E-state index in [4.69, 9.17) is 9.84 Å². The average Bonchev–Trinajstić information content (AvgIpc) is 2.58. The standard InChI is InChI=1S/C20H38O5/c1-3-5-9-12-17(25-4-2)15-16-19(22)18(21)13-10-7-6-8-11-14-20(23)24/h15-19,21-22H,3-14H2,1-2H3,(H,23,24). The summed E-state index contributed by atoms with van der Waals surface area (Å²) in [6, 6.07) is 0. The molecule has 3 atom stereocenters. The van der Waals surface area contributed by atoms with Gasteiger partial charge < -0.3 is 20.1 Å². The number of hydrogen-bond donors (Lipinski definition) is 3. The number of carbonyl (C=O) groups is 1. The minimum absolute atomic E-state index is 0.00707. The summed E-state index contributed by atoms with van der Waals surface area (Å²) in [6.45, 7) is 4.77. The van der Waals surface area contributed by atoms with Crippen LogP contribution >= 0.6 is 0 Å². The molecule has 0 aliphatic rings. The van der Waals surface area contributed by atoms with Gasteiger partial charge in [0.2, 0.25) is 0 Å². The summed E-state index contributed by atoms with van der Waals surface area (Å²) < 4.78 is 5.65. The van der Waals surface area contributed by atoms with Crippen LogP contribution in [-0.2, 0) is 9.53 Å². The van der Waals surface area contributed by atoms with Crippen molar-refractivity contribution in [3.63, 3.8) is 0 Å². The Morgan fingerprint density at radius 2 is 1.56 bits per heavy atom. The van der Waals surface area contributed by atoms with Crippen molar-refractivity contribution < 1.29 is 24.9 Å². The van der Waals surface area contributed by atoms with Crippen LogP contribution in [-0.4, -0.2) is 46.2 Å². The van der Waals surface area contributed by atoms with Gasteiger partial charge in [0, 0.05) is 13.0 Å². The Hall–Kier alpha value is -0.910. The molecule has 0 heterocycles. The molecule has 0 aromatic heterocycles. The molecule has 0 fully saturated rings. The van der Waals surface area contributed by atoms with Gasteiger partial charge in [0.1, 0.15) is 0 Å². The Kier molecular flexibility index (Phi) is 16.0. The molecule has 0 aromatic carbocycles. The first-order valence-corrected chi connectivity index (χ1v) is 9.89. The van der Waals surface area contributed by atoms with Crippen molar-refractivity contribution in [1.29, 1.82) is 0 Å². The molecule has 0 amide bonds. The summed E-state index contributed by atoms with van der Waals surface area (Å²) in [5.41, 5.74) is 0. The SMILES string of the molecule is CCCCCC(C=CC(O)C(O)CCCCCCCC(=O)O)OCC. The maximum Gasteiger partial charge on any atom is 0.303 e. The Balaban J connectivity index is 3.92. The van der Waals surface area contributed by atoms with E-state index in [9.17, 15) is 15.0 Å². The molecule has 0 saturated heterocycles. The first-order valence-electron chi connectivity index (χ1n) is 9.89. The third-order valence-electron chi connectivity index (χ3n) is 4.28. The van der Waals surface area contributed by atoms with E-state index < -0.39 is 18.2 Å². The summed E-state index contributed by atoms with van der Waals surface area (Å²) in [5.74, 6) is -0.745. The summed E-state index contributed by atoms with van der Waals surface area (Å²) in [5, 5.41) is 28.6. The lowest BCUT2D eigenvalue weighted by atomic mass is 10.0. The fourth-order valence-corrected chi connectivity index (χ4v) is 2.74. The maximum absolute atomic E-state index is 10.4. The highest BCUT2D eigenvalue weighted by molar-refractivity contribution is 5.66. The van der Waals surface area contributed by atoms with Crippen LogP contribution in [0.4, 0.5) is 0 Å². The summed E-state index contributed by atoms with van der Waals surface area (Å²) >= 11 is 0. The van der Waals surface area contributed by atoms with Gasteiger partial charge in [-0.3, -0.25) is 4.79 Å². The van der Waals surface area contributed by atoms with E-state index in [0.717, 1.165) is 38.5 Å². The second-order valence-electron chi connectivity index (χ2n) is 6.63. The van der Waals surface area contributed by atoms with Crippen LogP contribution < -0.4 is 0 Å². The van der Waals surface area contributed by atoms with E-state index in [1.165, 1.54) is 12.8 Å². The molecule has 0 spiro atoms. The molecule has 0 aromatic rings. The first kappa shape index (κ1) is 24.1. The number of ether oxygens (including phenoxy) is 1. The van der Waals surface area contributed by atoms with Crippen molar-refractivity contribution >= 4 is 5.97 Å². The third kappa shape index (κ3) is 15.1. The van der Waals surface area contributed by atoms with E-state index in [2.05, 4.69) is 6.92 Å². The molecule has 0 radical (unpaired) electrons. The molecule has 0 saturated carbocycles. The molecule has 3 N–H and O–H groups in total. The smallest absolute Gasteiger partial charge is 0.303 e. The second kappa shape index (κ2) is 16.6. The van der Waals surface area contributed by atoms with Crippen LogP contribution in [0, 0.1) is 0 Å². The Labute approximate surface area is 153 Å². The van der Waals surface area contributed by atoms with Crippen molar-refractivity contribution in [2.75, 3.05) is 6.61 Å². The van der Waals surface area contributed by atoms with Crippen LogP contribution in [0.5, 0.6) is 0 Å².